The van der Waals surface area contributed by atoms with E-state index in [2.05, 4.69) is 45.4 Å². The first-order chi connectivity index (χ1) is 16.5. The number of piperidine rings is 1. The average Bonchev–Trinajstić information content (AvgIpc) is 2.88. The van der Waals surface area contributed by atoms with Gasteiger partial charge >= 0.3 is 0 Å². The lowest BCUT2D eigenvalue weighted by molar-refractivity contribution is -0.126. The number of nitrogens with zero attached hydrogens (tertiary/aromatic N) is 4. The molecule has 0 unspecified atom stereocenters. The van der Waals surface area contributed by atoms with E-state index in [1.165, 1.54) is 14.2 Å². The van der Waals surface area contributed by atoms with Crippen LogP contribution in [0.1, 0.15) is 24.8 Å². The van der Waals surface area contributed by atoms with E-state index in [9.17, 15) is 13.2 Å². The molecule has 9 nitrogen and oxygen atoms in total. The summed E-state index contributed by atoms with van der Waals surface area (Å²) >= 11 is 0. The molecule has 1 amide bonds. The molecule has 0 aromatic heterocycles. The number of carbonyl (C=O) groups excluding carboxylic acids is 1. The Morgan fingerprint density at radius 1 is 0.941 bits per heavy atom. The van der Waals surface area contributed by atoms with Gasteiger partial charge in [-0.3, -0.25) is 9.69 Å². The van der Waals surface area contributed by atoms with E-state index < -0.39 is 10.2 Å². The highest BCUT2D eigenvalue weighted by atomic mass is 32.2. The molecule has 3 fully saturated rings. The molecule has 0 spiro atoms. The van der Waals surface area contributed by atoms with E-state index in [1.807, 2.05) is 0 Å². The van der Waals surface area contributed by atoms with E-state index >= 15 is 0 Å². The third-order valence-electron chi connectivity index (χ3n) is 7.04. The maximum Gasteiger partial charge on any atom is 0.282 e. The van der Waals surface area contributed by atoms with Crippen molar-refractivity contribution in [2.75, 3.05) is 78.7 Å². The number of hydrogen-bond donors (Lipinski definition) is 1. The van der Waals surface area contributed by atoms with E-state index in [4.69, 9.17) is 4.74 Å². The van der Waals surface area contributed by atoms with Crippen LogP contribution in [0.3, 0.4) is 0 Å². The number of hydrogen-bond acceptors (Lipinski definition) is 6. The molecule has 3 aliphatic heterocycles. The Kier molecular flexibility index (Phi) is 9.32. The number of carbonyl (C=O) groups is 1. The highest BCUT2D eigenvalue weighted by molar-refractivity contribution is 7.86. The summed E-state index contributed by atoms with van der Waals surface area (Å²) in [5, 5.41) is 3.05. The summed E-state index contributed by atoms with van der Waals surface area (Å²) in [6, 6.07) is 10.6. The van der Waals surface area contributed by atoms with Gasteiger partial charge in [0.25, 0.3) is 10.2 Å². The SMILES string of the molecule is O=C(NCCCN1CCN(Cc2ccccc2)CC1)[C@H]1CCCN(S(=O)(=O)N2CCOCC2)C1. The van der Waals surface area contributed by atoms with Gasteiger partial charge in [0.2, 0.25) is 5.91 Å². The van der Waals surface area contributed by atoms with E-state index in [0.717, 1.165) is 58.5 Å². The van der Waals surface area contributed by atoms with Crippen LogP contribution in [-0.2, 0) is 26.3 Å². The van der Waals surface area contributed by atoms with Crippen LogP contribution in [-0.4, -0.2) is 111 Å². The number of rotatable bonds is 9. The van der Waals surface area contributed by atoms with Gasteiger partial charge in [0.1, 0.15) is 0 Å². The number of amides is 1. The summed E-state index contributed by atoms with van der Waals surface area (Å²) in [6.45, 7) is 9.24. The molecule has 0 bridgehead atoms. The molecule has 34 heavy (non-hydrogen) atoms. The number of ether oxygens (including phenoxy) is 1. The van der Waals surface area contributed by atoms with Crippen molar-refractivity contribution < 1.29 is 17.9 Å². The molecule has 1 N–H and O–H groups in total. The van der Waals surface area contributed by atoms with Crippen molar-refractivity contribution in [3.8, 4) is 0 Å². The topological polar surface area (TPSA) is 85.4 Å². The predicted octanol–water partition coefficient (Wildman–Crippen LogP) is 0.600. The fourth-order valence-electron chi connectivity index (χ4n) is 4.98. The largest absolute Gasteiger partial charge is 0.379 e. The second kappa shape index (κ2) is 12.4. The van der Waals surface area contributed by atoms with Crippen LogP contribution in [0.5, 0.6) is 0 Å². The van der Waals surface area contributed by atoms with Crippen molar-refractivity contribution in [2.24, 2.45) is 5.92 Å². The minimum absolute atomic E-state index is 0.0189. The van der Waals surface area contributed by atoms with E-state index in [0.29, 0.717) is 39.4 Å². The molecule has 1 aromatic carbocycles. The van der Waals surface area contributed by atoms with Crippen molar-refractivity contribution in [3.63, 3.8) is 0 Å². The highest BCUT2D eigenvalue weighted by Gasteiger charge is 2.36. The monoisotopic (exact) mass is 493 g/mol. The third kappa shape index (κ3) is 6.99. The van der Waals surface area contributed by atoms with Crippen molar-refractivity contribution in [2.45, 2.75) is 25.8 Å². The third-order valence-corrected chi connectivity index (χ3v) is 9.04. The first kappa shape index (κ1) is 25.5. The molecule has 1 atom stereocenters. The van der Waals surface area contributed by atoms with Gasteiger partial charge in [0.05, 0.1) is 19.1 Å². The Bertz CT molecular complexity index is 871. The molecule has 0 saturated carbocycles. The first-order valence-electron chi connectivity index (χ1n) is 12.6. The van der Waals surface area contributed by atoms with Crippen LogP contribution >= 0.6 is 0 Å². The van der Waals surface area contributed by atoms with Crippen molar-refractivity contribution in [3.05, 3.63) is 35.9 Å². The van der Waals surface area contributed by atoms with Gasteiger partial charge < -0.3 is 15.0 Å². The summed E-state index contributed by atoms with van der Waals surface area (Å²) in [6.07, 6.45) is 2.37. The fourth-order valence-corrected chi connectivity index (χ4v) is 6.64. The fraction of sp³-hybridized carbons (Fsp3) is 0.708. The minimum atomic E-state index is -3.52. The van der Waals surface area contributed by atoms with Crippen LogP contribution < -0.4 is 5.32 Å². The Balaban J connectivity index is 1.13. The van der Waals surface area contributed by atoms with Crippen molar-refractivity contribution in [1.82, 2.24) is 23.7 Å². The molecule has 3 heterocycles. The first-order valence-corrected chi connectivity index (χ1v) is 14.0. The lowest BCUT2D eigenvalue weighted by Gasteiger charge is -2.36. The summed E-state index contributed by atoms with van der Waals surface area (Å²) in [4.78, 5) is 17.7. The van der Waals surface area contributed by atoms with E-state index in [1.54, 1.807) is 0 Å². The van der Waals surface area contributed by atoms with Gasteiger partial charge in [-0.1, -0.05) is 30.3 Å². The zero-order chi connectivity index (χ0) is 23.8. The smallest absolute Gasteiger partial charge is 0.282 e. The van der Waals surface area contributed by atoms with E-state index in [-0.39, 0.29) is 18.4 Å². The molecule has 4 rings (SSSR count). The van der Waals surface area contributed by atoms with Gasteiger partial charge in [-0.05, 0) is 31.4 Å². The normalized spacial score (nSPS) is 24.2. The standard InChI is InChI=1S/C24H39N5O4S/c30-24(23-8-4-11-29(21-23)34(31,32)28-16-18-33-19-17-28)25-9-5-10-26-12-14-27(15-13-26)20-22-6-2-1-3-7-22/h1-3,6-7,23H,4-5,8-21H2,(H,25,30)/t23-/m0/s1. The van der Waals surface area contributed by atoms with Gasteiger partial charge in [-0.15, -0.1) is 0 Å². The molecule has 3 aliphatic rings. The Labute approximate surface area is 204 Å². The molecule has 190 valence electrons. The molecular weight excluding hydrogens is 454 g/mol. The van der Waals surface area contributed by atoms with Crippen LogP contribution in [0.25, 0.3) is 0 Å². The van der Waals surface area contributed by atoms with Gasteiger partial charge in [0, 0.05) is 65.4 Å². The second-order valence-corrected chi connectivity index (χ2v) is 11.4. The summed E-state index contributed by atoms with van der Waals surface area (Å²) < 4.78 is 34.1. The molecule has 0 aliphatic carbocycles. The molecule has 3 saturated heterocycles. The maximum absolute atomic E-state index is 12.9. The van der Waals surface area contributed by atoms with Crippen molar-refractivity contribution >= 4 is 16.1 Å². The summed E-state index contributed by atoms with van der Waals surface area (Å²) in [7, 11) is -3.52. The Morgan fingerprint density at radius 2 is 1.65 bits per heavy atom. The van der Waals surface area contributed by atoms with Crippen LogP contribution in [0, 0.1) is 5.92 Å². The number of piperazine rings is 1. The average molecular weight is 494 g/mol. The Hall–Kier alpha value is -1.56. The predicted molar refractivity (Wildman–Crippen MR) is 131 cm³/mol. The molecule has 0 radical (unpaired) electrons. The number of morpholine rings is 1. The highest BCUT2D eigenvalue weighted by Crippen LogP contribution is 2.22. The Morgan fingerprint density at radius 3 is 2.38 bits per heavy atom. The lowest BCUT2D eigenvalue weighted by atomic mass is 9.99. The maximum atomic E-state index is 12.9. The zero-order valence-corrected chi connectivity index (χ0v) is 20.9. The summed E-state index contributed by atoms with van der Waals surface area (Å²) in [5.41, 5.74) is 1.36. The van der Waals surface area contributed by atoms with Crippen molar-refractivity contribution in [1.29, 1.82) is 0 Å². The quantitative estimate of drug-likeness (QED) is 0.507. The molecule has 10 heteroatoms. The summed E-state index contributed by atoms with van der Waals surface area (Å²) in [5.74, 6) is -0.291. The molecular formula is C24H39N5O4S. The van der Waals surface area contributed by atoms with Crippen LogP contribution in [0.2, 0.25) is 0 Å². The number of nitrogens with one attached hydrogen (secondary N) is 1. The zero-order valence-electron chi connectivity index (χ0n) is 20.1. The lowest BCUT2D eigenvalue weighted by Crippen LogP contribution is -2.53. The van der Waals surface area contributed by atoms with Crippen LogP contribution in [0.15, 0.2) is 30.3 Å². The van der Waals surface area contributed by atoms with Gasteiger partial charge in [-0.2, -0.15) is 17.0 Å². The minimum Gasteiger partial charge on any atom is -0.379 e. The van der Waals surface area contributed by atoms with Gasteiger partial charge in [0.15, 0.2) is 0 Å². The van der Waals surface area contributed by atoms with Gasteiger partial charge in [-0.25, -0.2) is 0 Å². The van der Waals surface area contributed by atoms with Crippen LogP contribution in [0.4, 0.5) is 0 Å². The second-order valence-electron chi connectivity index (χ2n) is 9.46. The number of benzene rings is 1. The molecule has 1 aromatic rings.